The summed E-state index contributed by atoms with van der Waals surface area (Å²) in [6.45, 7) is 0.349. The second kappa shape index (κ2) is 7.24. The summed E-state index contributed by atoms with van der Waals surface area (Å²) < 4.78 is 15.5. The summed E-state index contributed by atoms with van der Waals surface area (Å²) in [7, 11) is 0. The van der Waals surface area contributed by atoms with Gasteiger partial charge in [0.15, 0.2) is 0 Å². The average Bonchev–Trinajstić information content (AvgIpc) is 3.12. The predicted octanol–water partition coefficient (Wildman–Crippen LogP) is 3.65. The Bertz CT molecular complexity index is 1110. The molecule has 8 heteroatoms. The van der Waals surface area contributed by atoms with Crippen LogP contribution in [0.4, 0.5) is 4.39 Å². The van der Waals surface area contributed by atoms with Gasteiger partial charge in [-0.25, -0.2) is 14.1 Å². The molecule has 0 aliphatic heterocycles. The molecule has 0 aliphatic carbocycles. The second-order valence-corrected chi connectivity index (χ2v) is 6.64. The first-order chi connectivity index (χ1) is 13.1. The minimum Gasteiger partial charge on any atom is -0.348 e. The Balaban J connectivity index is 1.61. The van der Waals surface area contributed by atoms with Crippen molar-refractivity contribution in [3.63, 3.8) is 0 Å². The second-order valence-electron chi connectivity index (χ2n) is 5.82. The number of benzene rings is 1. The van der Waals surface area contributed by atoms with Gasteiger partial charge in [0.2, 0.25) is 0 Å². The van der Waals surface area contributed by atoms with Crippen molar-refractivity contribution in [3.05, 3.63) is 82.7 Å². The van der Waals surface area contributed by atoms with Crippen LogP contribution in [0, 0.1) is 5.82 Å². The molecule has 4 rings (SSSR count). The van der Waals surface area contributed by atoms with E-state index in [1.165, 1.54) is 18.3 Å². The molecule has 0 spiro atoms. The number of amides is 1. The smallest absolute Gasteiger partial charge is 0.253 e. The molecule has 0 fully saturated rings. The molecule has 6 nitrogen and oxygen atoms in total. The number of hydrogen-bond acceptors (Lipinski definition) is 4. The number of aromatic nitrogens is 4. The van der Waals surface area contributed by atoms with Crippen LogP contribution in [-0.4, -0.2) is 25.7 Å². The maximum Gasteiger partial charge on any atom is 0.253 e. The van der Waals surface area contributed by atoms with Crippen LogP contribution in [0.1, 0.15) is 15.9 Å². The van der Waals surface area contributed by atoms with E-state index >= 15 is 0 Å². The summed E-state index contributed by atoms with van der Waals surface area (Å²) in [6.07, 6.45) is 6.43. The van der Waals surface area contributed by atoms with Crippen LogP contribution in [-0.2, 0) is 6.54 Å². The van der Waals surface area contributed by atoms with Crippen molar-refractivity contribution in [2.45, 2.75) is 6.54 Å². The van der Waals surface area contributed by atoms with Crippen molar-refractivity contribution in [2.24, 2.45) is 0 Å². The topological polar surface area (TPSA) is 72.7 Å². The fourth-order valence-electron chi connectivity index (χ4n) is 2.70. The molecule has 0 atom stereocenters. The SMILES string of the molecule is O=C(NCc1ccc(Br)nc1)c1cncc2c1cnn2-c1ccc(F)cc1. The number of nitrogens with zero attached hydrogens (tertiary/aromatic N) is 4. The highest BCUT2D eigenvalue weighted by atomic mass is 79.9. The first kappa shape index (κ1) is 17.3. The van der Waals surface area contributed by atoms with Gasteiger partial charge >= 0.3 is 0 Å². The van der Waals surface area contributed by atoms with E-state index in [2.05, 4.69) is 36.3 Å². The summed E-state index contributed by atoms with van der Waals surface area (Å²) in [5, 5.41) is 7.86. The molecule has 4 aromatic rings. The number of fused-ring (bicyclic) bond motifs is 1. The Hall–Kier alpha value is -3.13. The highest BCUT2D eigenvalue weighted by Gasteiger charge is 2.14. The normalized spacial score (nSPS) is 10.9. The van der Waals surface area contributed by atoms with E-state index in [0.29, 0.717) is 28.7 Å². The fraction of sp³-hybridized carbons (Fsp3) is 0.0526. The van der Waals surface area contributed by atoms with Gasteiger partial charge in [-0.2, -0.15) is 5.10 Å². The Morgan fingerprint density at radius 3 is 2.63 bits per heavy atom. The monoisotopic (exact) mass is 425 g/mol. The van der Waals surface area contributed by atoms with Crippen molar-refractivity contribution in [3.8, 4) is 5.69 Å². The van der Waals surface area contributed by atoms with E-state index in [0.717, 1.165) is 10.2 Å². The number of carbonyl (C=O) groups excluding carboxylic acids is 1. The van der Waals surface area contributed by atoms with Crippen LogP contribution < -0.4 is 5.32 Å². The van der Waals surface area contributed by atoms with Crippen LogP contribution in [0.25, 0.3) is 16.6 Å². The Kier molecular flexibility index (Phi) is 4.64. The molecule has 27 heavy (non-hydrogen) atoms. The maximum atomic E-state index is 13.2. The highest BCUT2D eigenvalue weighted by molar-refractivity contribution is 9.10. The summed E-state index contributed by atoms with van der Waals surface area (Å²) in [4.78, 5) is 20.9. The molecule has 3 heterocycles. The van der Waals surface area contributed by atoms with Crippen LogP contribution in [0.15, 0.2) is 65.8 Å². The minimum absolute atomic E-state index is 0.255. The number of carbonyl (C=O) groups is 1. The Morgan fingerprint density at radius 2 is 1.89 bits per heavy atom. The molecule has 0 saturated heterocycles. The van der Waals surface area contributed by atoms with Crippen molar-refractivity contribution in [1.82, 2.24) is 25.1 Å². The molecule has 0 radical (unpaired) electrons. The Labute approximate surface area is 162 Å². The van der Waals surface area contributed by atoms with Gasteiger partial charge in [0, 0.05) is 24.3 Å². The zero-order valence-corrected chi connectivity index (χ0v) is 15.5. The van der Waals surface area contributed by atoms with E-state index in [1.54, 1.807) is 35.4 Å². The third-order valence-corrected chi connectivity index (χ3v) is 4.52. The summed E-state index contributed by atoms with van der Waals surface area (Å²) in [5.41, 5.74) is 2.66. The average molecular weight is 426 g/mol. The molecular weight excluding hydrogens is 413 g/mol. The molecule has 0 unspecified atom stereocenters. The lowest BCUT2D eigenvalue weighted by Crippen LogP contribution is -2.23. The van der Waals surface area contributed by atoms with Crippen LogP contribution in [0.5, 0.6) is 0 Å². The van der Waals surface area contributed by atoms with E-state index in [4.69, 9.17) is 0 Å². The summed E-state index contributed by atoms with van der Waals surface area (Å²) >= 11 is 3.28. The highest BCUT2D eigenvalue weighted by Crippen LogP contribution is 2.21. The van der Waals surface area contributed by atoms with Gasteiger partial charge in [0.1, 0.15) is 10.4 Å². The zero-order valence-electron chi connectivity index (χ0n) is 13.9. The van der Waals surface area contributed by atoms with Gasteiger partial charge in [0.25, 0.3) is 5.91 Å². The molecule has 0 bridgehead atoms. The molecule has 0 aliphatic rings. The largest absolute Gasteiger partial charge is 0.348 e. The molecule has 3 aromatic heterocycles. The van der Waals surface area contributed by atoms with Crippen LogP contribution >= 0.6 is 15.9 Å². The van der Waals surface area contributed by atoms with Crippen LogP contribution in [0.2, 0.25) is 0 Å². The first-order valence-corrected chi connectivity index (χ1v) is 8.87. The lowest BCUT2D eigenvalue weighted by molar-refractivity contribution is 0.0952. The van der Waals surface area contributed by atoms with E-state index < -0.39 is 0 Å². The lowest BCUT2D eigenvalue weighted by Gasteiger charge is -2.07. The summed E-state index contributed by atoms with van der Waals surface area (Å²) in [6, 6.07) is 9.65. The number of pyridine rings is 2. The van der Waals surface area contributed by atoms with Gasteiger partial charge < -0.3 is 5.32 Å². The molecule has 134 valence electrons. The number of rotatable bonds is 4. The molecule has 0 saturated carbocycles. The standard InChI is InChI=1S/C19H13BrFN5O/c20-18-6-1-12(7-23-18)8-24-19(27)16-9-22-11-17-15(16)10-25-26(17)14-4-2-13(21)3-5-14/h1-7,9-11H,8H2,(H,24,27). The van der Waals surface area contributed by atoms with E-state index in [-0.39, 0.29) is 11.7 Å². The number of hydrogen-bond donors (Lipinski definition) is 1. The maximum absolute atomic E-state index is 13.2. The van der Waals surface area contributed by atoms with Crippen molar-refractivity contribution >= 4 is 32.7 Å². The predicted molar refractivity (Wildman–Crippen MR) is 102 cm³/mol. The third-order valence-electron chi connectivity index (χ3n) is 4.05. The van der Waals surface area contributed by atoms with Crippen molar-refractivity contribution in [1.29, 1.82) is 0 Å². The van der Waals surface area contributed by atoms with Crippen LogP contribution in [0.3, 0.4) is 0 Å². The Morgan fingerprint density at radius 1 is 1.07 bits per heavy atom. The van der Waals surface area contributed by atoms with Gasteiger partial charge in [-0.15, -0.1) is 0 Å². The van der Waals surface area contributed by atoms with Gasteiger partial charge in [0.05, 0.1) is 29.2 Å². The first-order valence-electron chi connectivity index (χ1n) is 8.08. The molecule has 1 amide bonds. The van der Waals surface area contributed by atoms with E-state index in [9.17, 15) is 9.18 Å². The molecule has 1 N–H and O–H groups in total. The third kappa shape index (κ3) is 3.56. The fourth-order valence-corrected chi connectivity index (χ4v) is 2.93. The molecule has 1 aromatic carbocycles. The molecular formula is C19H13BrFN5O. The van der Waals surface area contributed by atoms with Crippen molar-refractivity contribution in [2.75, 3.05) is 0 Å². The van der Waals surface area contributed by atoms with Gasteiger partial charge in [-0.05, 0) is 51.8 Å². The minimum atomic E-state index is -0.323. The zero-order chi connectivity index (χ0) is 18.8. The number of nitrogens with one attached hydrogen (secondary N) is 1. The summed E-state index contributed by atoms with van der Waals surface area (Å²) in [5.74, 6) is -0.578. The van der Waals surface area contributed by atoms with Crippen molar-refractivity contribution < 1.29 is 9.18 Å². The van der Waals surface area contributed by atoms with Gasteiger partial charge in [-0.3, -0.25) is 9.78 Å². The van der Waals surface area contributed by atoms with Gasteiger partial charge in [-0.1, -0.05) is 6.07 Å². The van der Waals surface area contributed by atoms with E-state index in [1.807, 2.05) is 12.1 Å². The quantitative estimate of drug-likeness (QED) is 0.506. The number of halogens is 2. The lowest BCUT2D eigenvalue weighted by atomic mass is 10.1.